The molecule has 1 aromatic heterocycles. The number of carbonyl (C=O) groups excluding carboxylic acids is 1. The fraction of sp³-hybridized carbons (Fsp3) is 0.400. The van der Waals surface area contributed by atoms with Gasteiger partial charge in [0.05, 0.1) is 5.02 Å². The van der Waals surface area contributed by atoms with Crippen molar-refractivity contribution in [3.05, 3.63) is 23.5 Å². The number of carbonyl (C=O) groups is 1. The molecule has 0 radical (unpaired) electrons. The first kappa shape index (κ1) is 17.7. The van der Waals surface area contributed by atoms with Gasteiger partial charge in [0.2, 0.25) is 0 Å². The van der Waals surface area contributed by atoms with E-state index in [1.807, 2.05) is 0 Å². The van der Waals surface area contributed by atoms with E-state index >= 15 is 0 Å². The highest BCUT2D eigenvalue weighted by Gasteiger charge is 2.31. The molecule has 0 saturated carbocycles. The molecule has 1 aromatic rings. The summed E-state index contributed by atoms with van der Waals surface area (Å²) in [6.45, 7) is -0.673. The van der Waals surface area contributed by atoms with Gasteiger partial charge in [-0.2, -0.15) is 13.2 Å². The number of rotatable bonds is 5. The van der Waals surface area contributed by atoms with Gasteiger partial charge in [0, 0.05) is 12.4 Å². The van der Waals surface area contributed by atoms with Gasteiger partial charge in [0.15, 0.2) is 0 Å². The fourth-order valence-corrected chi connectivity index (χ4v) is 2.38. The summed E-state index contributed by atoms with van der Waals surface area (Å²) in [6, 6.07) is 1.03. The second-order valence-electron chi connectivity index (χ2n) is 3.88. The molecule has 0 fully saturated rings. The topological polar surface area (TPSA) is 85.4 Å². The summed E-state index contributed by atoms with van der Waals surface area (Å²) in [7, 11) is -4.29. The average molecular weight is 347 g/mol. The fourth-order valence-electron chi connectivity index (χ4n) is 1.11. The molecule has 1 N–H and O–H groups in total. The molecule has 1 amide bonds. The van der Waals surface area contributed by atoms with E-state index in [1.165, 1.54) is 6.20 Å². The van der Waals surface area contributed by atoms with Crippen LogP contribution in [0.1, 0.15) is 6.92 Å². The molecule has 0 aliphatic heterocycles. The first-order valence-electron chi connectivity index (χ1n) is 5.37. The van der Waals surface area contributed by atoms with Crippen molar-refractivity contribution < 1.29 is 31.1 Å². The van der Waals surface area contributed by atoms with Crippen LogP contribution in [0, 0.1) is 0 Å². The summed E-state index contributed by atoms with van der Waals surface area (Å²) in [5.41, 5.74) is 0. The second kappa shape index (κ2) is 6.58. The van der Waals surface area contributed by atoms with Crippen molar-refractivity contribution in [2.75, 3.05) is 6.61 Å². The molecule has 0 bridgehead atoms. The van der Waals surface area contributed by atoms with Crippen LogP contribution in [0.15, 0.2) is 23.4 Å². The van der Waals surface area contributed by atoms with Crippen molar-refractivity contribution in [1.82, 2.24) is 9.71 Å². The molecule has 1 heterocycles. The summed E-state index contributed by atoms with van der Waals surface area (Å²) >= 11 is 5.56. The van der Waals surface area contributed by atoms with E-state index in [1.54, 1.807) is 4.72 Å². The van der Waals surface area contributed by atoms with Crippen LogP contribution in [0.4, 0.5) is 13.2 Å². The van der Waals surface area contributed by atoms with E-state index in [4.69, 9.17) is 11.6 Å². The van der Waals surface area contributed by atoms with Crippen molar-refractivity contribution in [1.29, 1.82) is 0 Å². The molecule has 6 nitrogen and oxygen atoms in total. The van der Waals surface area contributed by atoms with Crippen LogP contribution in [0.2, 0.25) is 5.02 Å². The lowest BCUT2D eigenvalue weighted by Crippen LogP contribution is -2.39. The van der Waals surface area contributed by atoms with Crippen LogP contribution in [0.25, 0.3) is 0 Å². The smallest absolute Gasteiger partial charge is 0.359 e. The molecule has 0 aliphatic rings. The second-order valence-corrected chi connectivity index (χ2v) is 6.00. The van der Waals surface area contributed by atoms with Gasteiger partial charge in [-0.05, 0) is 13.0 Å². The minimum Gasteiger partial charge on any atom is -0.359 e. The number of aromatic nitrogens is 1. The molecule has 0 spiro atoms. The molecule has 0 aliphatic carbocycles. The van der Waals surface area contributed by atoms with Gasteiger partial charge in [-0.25, -0.2) is 13.1 Å². The monoisotopic (exact) mass is 346 g/mol. The summed E-state index contributed by atoms with van der Waals surface area (Å²) in [6.07, 6.45) is -4.11. The Kier molecular flexibility index (Phi) is 5.54. The Morgan fingerprint density at radius 3 is 2.62 bits per heavy atom. The van der Waals surface area contributed by atoms with Gasteiger partial charge >= 0.3 is 6.18 Å². The van der Waals surface area contributed by atoms with E-state index in [0.29, 0.717) is 0 Å². The van der Waals surface area contributed by atoms with Crippen LogP contribution >= 0.6 is 11.6 Å². The Labute approximate surface area is 123 Å². The Morgan fingerprint density at radius 1 is 1.48 bits per heavy atom. The predicted molar refractivity (Wildman–Crippen MR) is 66.0 cm³/mol. The van der Waals surface area contributed by atoms with E-state index in [9.17, 15) is 26.4 Å². The van der Waals surface area contributed by atoms with Gasteiger partial charge < -0.3 is 4.74 Å². The van der Waals surface area contributed by atoms with Gasteiger partial charge in [0.1, 0.15) is 17.6 Å². The molecule has 11 heteroatoms. The minimum atomic E-state index is -4.62. The Bertz CT molecular complexity index is 621. The number of hydrogen-bond donors (Lipinski definition) is 1. The quantitative estimate of drug-likeness (QED) is 0.873. The molecule has 1 rings (SSSR count). The lowest BCUT2D eigenvalue weighted by Gasteiger charge is -2.14. The predicted octanol–water partition coefficient (Wildman–Crippen LogP) is 1.51. The summed E-state index contributed by atoms with van der Waals surface area (Å²) in [5.74, 6) is -1.24. The SMILES string of the molecule is C[C@H](OCC(F)(F)F)C(=O)NS(=O)(=O)c1cncc(Cl)c1. The van der Waals surface area contributed by atoms with Crippen molar-refractivity contribution in [3.8, 4) is 0 Å². The molecule has 1 atom stereocenters. The van der Waals surface area contributed by atoms with Crippen LogP contribution < -0.4 is 4.72 Å². The first-order valence-corrected chi connectivity index (χ1v) is 7.23. The van der Waals surface area contributed by atoms with Gasteiger partial charge in [-0.3, -0.25) is 9.78 Å². The number of halogens is 4. The third-order valence-corrected chi connectivity index (χ3v) is 3.61. The van der Waals surface area contributed by atoms with Crippen molar-refractivity contribution in [2.45, 2.75) is 24.1 Å². The zero-order valence-electron chi connectivity index (χ0n) is 10.5. The highest BCUT2D eigenvalue weighted by Crippen LogP contribution is 2.16. The number of amides is 1. The number of nitrogens with zero attached hydrogens (tertiary/aromatic N) is 1. The van der Waals surface area contributed by atoms with Gasteiger partial charge in [-0.15, -0.1) is 0 Å². The van der Waals surface area contributed by atoms with Gasteiger partial charge in [-0.1, -0.05) is 11.6 Å². The Balaban J connectivity index is 2.73. The first-order chi connectivity index (χ1) is 9.51. The summed E-state index contributed by atoms with van der Waals surface area (Å²) < 4.78 is 65.2. The lowest BCUT2D eigenvalue weighted by atomic mass is 10.4. The minimum absolute atomic E-state index is 0.0201. The normalized spacial score (nSPS) is 13.8. The van der Waals surface area contributed by atoms with Crippen molar-refractivity contribution in [3.63, 3.8) is 0 Å². The standard InChI is InChI=1S/C10H10ClF3N2O4S/c1-6(20-5-10(12,13)14)9(17)16-21(18,19)8-2-7(11)3-15-4-8/h2-4,6H,5H2,1H3,(H,16,17)/t6-/m0/s1. The van der Waals surface area contributed by atoms with Crippen molar-refractivity contribution in [2.24, 2.45) is 0 Å². The van der Waals surface area contributed by atoms with E-state index < -0.39 is 39.7 Å². The summed E-state index contributed by atoms with van der Waals surface area (Å²) in [5, 5.41) is 0.0201. The van der Waals surface area contributed by atoms with Crippen LogP contribution in [0.3, 0.4) is 0 Å². The maximum Gasteiger partial charge on any atom is 0.411 e. The van der Waals surface area contributed by atoms with Crippen LogP contribution in [0.5, 0.6) is 0 Å². The van der Waals surface area contributed by atoms with Crippen LogP contribution in [-0.4, -0.2) is 38.2 Å². The maximum absolute atomic E-state index is 11.9. The average Bonchev–Trinajstić information content (AvgIpc) is 2.34. The zero-order chi connectivity index (χ0) is 16.3. The van der Waals surface area contributed by atoms with E-state index in [2.05, 4.69) is 9.72 Å². The molecule has 21 heavy (non-hydrogen) atoms. The molecule has 0 aromatic carbocycles. The molecule has 0 saturated heterocycles. The number of pyridine rings is 1. The molecular formula is C10H10ClF3N2O4S. The van der Waals surface area contributed by atoms with E-state index in [0.717, 1.165) is 19.2 Å². The van der Waals surface area contributed by atoms with Crippen LogP contribution in [-0.2, 0) is 19.6 Å². The van der Waals surface area contributed by atoms with Gasteiger partial charge in [0.25, 0.3) is 15.9 Å². The largest absolute Gasteiger partial charge is 0.411 e. The highest BCUT2D eigenvalue weighted by molar-refractivity contribution is 7.90. The number of nitrogens with one attached hydrogen (secondary N) is 1. The molecule has 0 unspecified atom stereocenters. The Hall–Kier alpha value is -1.39. The number of hydrogen-bond acceptors (Lipinski definition) is 5. The highest BCUT2D eigenvalue weighted by atomic mass is 35.5. The number of sulfonamides is 1. The third-order valence-electron chi connectivity index (χ3n) is 2.09. The third kappa shape index (κ3) is 5.86. The number of ether oxygens (including phenoxy) is 1. The van der Waals surface area contributed by atoms with E-state index in [-0.39, 0.29) is 5.02 Å². The number of alkyl halides is 3. The van der Waals surface area contributed by atoms with Crippen molar-refractivity contribution >= 4 is 27.5 Å². The lowest BCUT2D eigenvalue weighted by molar-refractivity contribution is -0.185. The zero-order valence-corrected chi connectivity index (χ0v) is 12.1. The Morgan fingerprint density at radius 2 is 2.10 bits per heavy atom. The summed E-state index contributed by atoms with van der Waals surface area (Å²) in [4.78, 5) is 14.6. The molecular weight excluding hydrogens is 337 g/mol. The maximum atomic E-state index is 11.9. The molecule has 118 valence electrons.